The lowest BCUT2D eigenvalue weighted by Gasteiger charge is -2.24. The van der Waals surface area contributed by atoms with Gasteiger partial charge in [0.2, 0.25) is 11.8 Å². The molecule has 2 fully saturated rings. The molecule has 0 unspecified atom stereocenters. The van der Waals surface area contributed by atoms with E-state index in [0.29, 0.717) is 37.7 Å². The van der Waals surface area contributed by atoms with E-state index in [1.807, 2.05) is 18.2 Å². The molecule has 134 valence electrons. The maximum absolute atomic E-state index is 12.4. The van der Waals surface area contributed by atoms with Crippen molar-refractivity contribution in [3.8, 4) is 11.5 Å². The van der Waals surface area contributed by atoms with E-state index < -0.39 is 0 Å². The minimum atomic E-state index is -0.116. The maximum Gasteiger partial charge on any atom is 0.229 e. The number of anilines is 1. The van der Waals surface area contributed by atoms with E-state index in [9.17, 15) is 9.59 Å². The Labute approximate surface area is 147 Å². The highest BCUT2D eigenvalue weighted by atomic mass is 16.6. The maximum atomic E-state index is 12.4. The topological polar surface area (TPSA) is 67.9 Å². The predicted molar refractivity (Wildman–Crippen MR) is 92.9 cm³/mol. The molecule has 2 heterocycles. The third-order valence-electron chi connectivity index (χ3n) is 5.28. The highest BCUT2D eigenvalue weighted by molar-refractivity contribution is 5.97. The molecule has 1 N–H and O–H groups in total. The number of fused-ring (bicyclic) bond motifs is 1. The van der Waals surface area contributed by atoms with Crippen LogP contribution in [0.2, 0.25) is 0 Å². The summed E-state index contributed by atoms with van der Waals surface area (Å²) < 4.78 is 11.1. The molecule has 25 heavy (non-hydrogen) atoms. The van der Waals surface area contributed by atoms with Crippen LogP contribution in [0.5, 0.6) is 11.5 Å². The van der Waals surface area contributed by atoms with E-state index in [4.69, 9.17) is 9.47 Å². The lowest BCUT2D eigenvalue weighted by atomic mass is 9.88. The first-order chi connectivity index (χ1) is 12.2. The lowest BCUT2D eigenvalue weighted by Crippen LogP contribution is -2.41. The summed E-state index contributed by atoms with van der Waals surface area (Å²) in [6, 6.07) is 5.44. The Bertz CT molecular complexity index is 669. The molecule has 6 nitrogen and oxygen atoms in total. The molecule has 1 aromatic carbocycles. The van der Waals surface area contributed by atoms with Crippen molar-refractivity contribution < 1.29 is 19.1 Å². The van der Waals surface area contributed by atoms with E-state index >= 15 is 0 Å². The van der Waals surface area contributed by atoms with Crippen molar-refractivity contribution in [2.45, 2.75) is 44.6 Å². The molecule has 0 spiro atoms. The Hall–Kier alpha value is -2.24. The average Bonchev–Trinajstić information content (AvgIpc) is 3.02. The fourth-order valence-electron chi connectivity index (χ4n) is 3.94. The number of nitrogens with zero attached hydrogens (tertiary/aromatic N) is 1. The zero-order valence-electron chi connectivity index (χ0n) is 14.3. The molecule has 1 aromatic rings. The summed E-state index contributed by atoms with van der Waals surface area (Å²) in [5, 5.41) is 3.08. The number of carbonyl (C=O) groups is 2. The van der Waals surface area contributed by atoms with Crippen LogP contribution in [0.25, 0.3) is 0 Å². The molecule has 1 atom stereocenters. The van der Waals surface area contributed by atoms with Gasteiger partial charge in [-0.15, -0.1) is 0 Å². The largest absolute Gasteiger partial charge is 0.486 e. The number of carbonyl (C=O) groups excluding carboxylic acids is 2. The Balaban J connectivity index is 1.41. The Morgan fingerprint density at radius 2 is 1.84 bits per heavy atom. The highest BCUT2D eigenvalue weighted by Crippen LogP contribution is 2.35. The van der Waals surface area contributed by atoms with Gasteiger partial charge in [-0.3, -0.25) is 9.59 Å². The summed E-state index contributed by atoms with van der Waals surface area (Å²) >= 11 is 0. The van der Waals surface area contributed by atoms with Crippen LogP contribution < -0.4 is 19.7 Å². The van der Waals surface area contributed by atoms with Gasteiger partial charge in [0.25, 0.3) is 0 Å². The van der Waals surface area contributed by atoms with Crippen LogP contribution in [-0.4, -0.2) is 37.6 Å². The van der Waals surface area contributed by atoms with Gasteiger partial charge < -0.3 is 19.7 Å². The van der Waals surface area contributed by atoms with Gasteiger partial charge in [0, 0.05) is 30.6 Å². The zero-order valence-corrected chi connectivity index (χ0v) is 14.3. The molecule has 0 bridgehead atoms. The predicted octanol–water partition coefficient (Wildman–Crippen LogP) is 2.26. The minimum Gasteiger partial charge on any atom is -0.486 e. The van der Waals surface area contributed by atoms with Crippen LogP contribution in [0.4, 0.5) is 5.69 Å². The van der Waals surface area contributed by atoms with Gasteiger partial charge in [-0.1, -0.05) is 19.3 Å². The molecule has 0 aromatic heterocycles. The molecular formula is C19H24N2O4. The second kappa shape index (κ2) is 6.94. The molecule has 1 saturated carbocycles. The summed E-state index contributed by atoms with van der Waals surface area (Å²) in [6.07, 6.45) is 5.78. The first kappa shape index (κ1) is 16.2. The molecule has 2 amide bonds. The molecular weight excluding hydrogens is 320 g/mol. The van der Waals surface area contributed by atoms with Gasteiger partial charge in [-0.2, -0.15) is 0 Å². The van der Waals surface area contributed by atoms with Crippen LogP contribution in [0.15, 0.2) is 18.2 Å². The number of amides is 2. The van der Waals surface area contributed by atoms with Crippen molar-refractivity contribution in [1.82, 2.24) is 5.32 Å². The van der Waals surface area contributed by atoms with Crippen molar-refractivity contribution in [2.24, 2.45) is 5.92 Å². The summed E-state index contributed by atoms with van der Waals surface area (Å²) in [6.45, 7) is 1.58. The molecule has 3 aliphatic rings. The number of ether oxygens (including phenoxy) is 2. The zero-order chi connectivity index (χ0) is 17.2. The van der Waals surface area contributed by atoms with Crippen LogP contribution in [-0.2, 0) is 9.59 Å². The van der Waals surface area contributed by atoms with E-state index in [0.717, 1.165) is 31.4 Å². The van der Waals surface area contributed by atoms with Crippen molar-refractivity contribution in [3.63, 3.8) is 0 Å². The number of benzene rings is 1. The van der Waals surface area contributed by atoms with Gasteiger partial charge >= 0.3 is 0 Å². The molecule has 1 aliphatic carbocycles. The number of hydrogen-bond donors (Lipinski definition) is 1. The fraction of sp³-hybridized carbons (Fsp3) is 0.579. The molecule has 2 aliphatic heterocycles. The van der Waals surface area contributed by atoms with E-state index in [1.54, 1.807) is 4.90 Å². The average molecular weight is 344 g/mol. The second-order valence-corrected chi connectivity index (χ2v) is 7.08. The van der Waals surface area contributed by atoms with Crippen LogP contribution in [0.1, 0.15) is 38.5 Å². The van der Waals surface area contributed by atoms with E-state index in [1.165, 1.54) is 6.42 Å². The summed E-state index contributed by atoms with van der Waals surface area (Å²) in [7, 11) is 0. The normalized spacial score (nSPS) is 23.6. The third kappa shape index (κ3) is 3.43. The van der Waals surface area contributed by atoms with Gasteiger partial charge in [0.1, 0.15) is 13.2 Å². The van der Waals surface area contributed by atoms with Crippen LogP contribution in [0.3, 0.4) is 0 Å². The smallest absolute Gasteiger partial charge is 0.229 e. The summed E-state index contributed by atoms with van der Waals surface area (Å²) in [5.41, 5.74) is 0.795. The monoisotopic (exact) mass is 344 g/mol. The SMILES string of the molecule is O=C(N[C@H]1CC(=O)N(c2ccc3c(c2)OCCO3)C1)C1CCCCC1. The lowest BCUT2D eigenvalue weighted by molar-refractivity contribution is -0.126. The van der Waals surface area contributed by atoms with Gasteiger partial charge in [-0.05, 0) is 25.0 Å². The number of nitrogens with one attached hydrogen (secondary N) is 1. The van der Waals surface area contributed by atoms with Gasteiger partial charge in [0.15, 0.2) is 11.5 Å². The number of hydrogen-bond acceptors (Lipinski definition) is 4. The molecule has 4 rings (SSSR count). The fourth-order valence-corrected chi connectivity index (χ4v) is 3.94. The quantitative estimate of drug-likeness (QED) is 0.913. The van der Waals surface area contributed by atoms with Gasteiger partial charge in [0.05, 0.1) is 6.04 Å². The van der Waals surface area contributed by atoms with Gasteiger partial charge in [-0.25, -0.2) is 0 Å². The molecule has 1 saturated heterocycles. The van der Waals surface area contributed by atoms with Crippen molar-refractivity contribution in [1.29, 1.82) is 0 Å². The second-order valence-electron chi connectivity index (χ2n) is 7.08. The standard InChI is InChI=1S/C19H24N2O4/c22-18-10-14(20-19(23)13-4-2-1-3-5-13)12-21(18)15-6-7-16-17(11-15)25-9-8-24-16/h6-7,11,13-14H,1-5,8-10,12H2,(H,20,23)/t14-/m0/s1. The van der Waals surface area contributed by atoms with Crippen molar-refractivity contribution in [3.05, 3.63) is 18.2 Å². The Morgan fingerprint density at radius 3 is 2.64 bits per heavy atom. The summed E-state index contributed by atoms with van der Waals surface area (Å²) in [5.74, 6) is 1.65. The first-order valence-corrected chi connectivity index (χ1v) is 9.21. The minimum absolute atomic E-state index is 0.0330. The number of rotatable bonds is 3. The third-order valence-corrected chi connectivity index (χ3v) is 5.28. The molecule has 6 heteroatoms. The first-order valence-electron chi connectivity index (χ1n) is 9.21. The Morgan fingerprint density at radius 1 is 1.08 bits per heavy atom. The van der Waals surface area contributed by atoms with E-state index in [-0.39, 0.29) is 23.8 Å². The van der Waals surface area contributed by atoms with Crippen LogP contribution in [0, 0.1) is 5.92 Å². The van der Waals surface area contributed by atoms with Crippen molar-refractivity contribution in [2.75, 3.05) is 24.7 Å². The highest BCUT2D eigenvalue weighted by Gasteiger charge is 2.33. The van der Waals surface area contributed by atoms with Crippen LogP contribution >= 0.6 is 0 Å². The summed E-state index contributed by atoms with van der Waals surface area (Å²) in [4.78, 5) is 26.6. The van der Waals surface area contributed by atoms with E-state index in [2.05, 4.69) is 5.32 Å². The Kier molecular flexibility index (Phi) is 4.51. The van der Waals surface area contributed by atoms with Crippen molar-refractivity contribution >= 4 is 17.5 Å². The molecule has 0 radical (unpaired) electrons.